The van der Waals surface area contributed by atoms with Crippen LogP contribution in [0.1, 0.15) is 12.8 Å². The first-order chi connectivity index (χ1) is 9.21. The summed E-state index contributed by atoms with van der Waals surface area (Å²) in [6.45, 7) is 1.84. The zero-order valence-electron chi connectivity index (χ0n) is 10.9. The van der Waals surface area contributed by atoms with Gasteiger partial charge >= 0.3 is 0 Å². The molecule has 104 valence electrons. The fraction of sp³-hybridized carbons (Fsp3) is 0.667. The monoisotopic (exact) mass is 281 g/mol. The third-order valence-electron chi connectivity index (χ3n) is 4.17. The second-order valence-electron chi connectivity index (χ2n) is 5.22. The number of nitrogens with two attached hydrogens (primary N) is 1. The lowest BCUT2D eigenvalue weighted by molar-refractivity contribution is 0.133. The average molecular weight is 281 g/mol. The minimum absolute atomic E-state index is 0.149. The van der Waals surface area contributed by atoms with Crippen molar-refractivity contribution in [3.8, 4) is 0 Å². The van der Waals surface area contributed by atoms with Crippen molar-refractivity contribution < 1.29 is 5.11 Å². The summed E-state index contributed by atoms with van der Waals surface area (Å²) in [7, 11) is 0. The van der Waals surface area contributed by atoms with E-state index in [4.69, 9.17) is 5.84 Å². The van der Waals surface area contributed by atoms with Gasteiger partial charge in [-0.2, -0.15) is 0 Å². The molecule has 0 aromatic carbocycles. The standard InChI is InChI=1S/C12H19N5OS/c1-19-12-14-10(16-13)4-11(15-12)17-5-7-2-3-9(18)8(7)6-17/h4,7-9,18H,2-3,5-6,13H2,1H3,(H,14,15,16). The van der Waals surface area contributed by atoms with Gasteiger partial charge in [0, 0.05) is 25.1 Å². The molecule has 6 nitrogen and oxygen atoms in total. The number of rotatable bonds is 3. The van der Waals surface area contributed by atoms with Gasteiger partial charge in [-0.05, 0) is 25.0 Å². The molecule has 7 heteroatoms. The van der Waals surface area contributed by atoms with E-state index in [1.165, 1.54) is 11.8 Å². The first-order valence-corrected chi connectivity index (χ1v) is 7.76. The highest BCUT2D eigenvalue weighted by Gasteiger charge is 2.42. The maximum absolute atomic E-state index is 9.97. The number of fused-ring (bicyclic) bond motifs is 1. The Morgan fingerprint density at radius 2 is 2.26 bits per heavy atom. The molecule has 3 unspecified atom stereocenters. The second kappa shape index (κ2) is 5.15. The maximum atomic E-state index is 9.97. The van der Waals surface area contributed by atoms with Crippen LogP contribution in [0.4, 0.5) is 11.6 Å². The Labute approximate surface area is 116 Å². The topological polar surface area (TPSA) is 87.3 Å². The van der Waals surface area contributed by atoms with Gasteiger partial charge in [0.15, 0.2) is 5.16 Å². The van der Waals surface area contributed by atoms with Crippen LogP contribution in [-0.4, -0.2) is 40.5 Å². The van der Waals surface area contributed by atoms with E-state index in [1.807, 2.05) is 12.3 Å². The van der Waals surface area contributed by atoms with E-state index in [9.17, 15) is 5.11 Å². The molecule has 2 heterocycles. The highest BCUT2D eigenvalue weighted by Crippen LogP contribution is 2.39. The number of thioether (sulfide) groups is 1. The summed E-state index contributed by atoms with van der Waals surface area (Å²) in [5.74, 6) is 7.96. The van der Waals surface area contributed by atoms with Gasteiger partial charge in [-0.25, -0.2) is 15.8 Å². The molecule has 0 amide bonds. The number of aliphatic hydroxyl groups is 1. The molecular formula is C12H19N5OS. The van der Waals surface area contributed by atoms with Crippen LogP contribution in [-0.2, 0) is 0 Å². The number of nitrogens with one attached hydrogen (secondary N) is 1. The van der Waals surface area contributed by atoms with Gasteiger partial charge in [0.25, 0.3) is 0 Å². The first kappa shape index (κ1) is 13.0. The number of anilines is 2. The normalized spacial score (nSPS) is 29.6. The van der Waals surface area contributed by atoms with Crippen LogP contribution in [0.25, 0.3) is 0 Å². The molecule has 0 bridgehead atoms. The van der Waals surface area contributed by atoms with E-state index >= 15 is 0 Å². The molecule has 3 rings (SSSR count). The van der Waals surface area contributed by atoms with E-state index in [0.717, 1.165) is 31.7 Å². The lowest BCUT2D eigenvalue weighted by Gasteiger charge is -2.20. The SMILES string of the molecule is CSc1nc(NN)cc(N2CC3CCC(O)C3C2)n1. The van der Waals surface area contributed by atoms with Crippen LogP contribution >= 0.6 is 11.8 Å². The highest BCUT2D eigenvalue weighted by atomic mass is 32.2. The van der Waals surface area contributed by atoms with E-state index in [-0.39, 0.29) is 6.10 Å². The Morgan fingerprint density at radius 1 is 1.42 bits per heavy atom. The Hall–Kier alpha value is -1.05. The van der Waals surface area contributed by atoms with Gasteiger partial charge in [-0.15, -0.1) is 0 Å². The molecule has 2 aliphatic rings. The first-order valence-electron chi connectivity index (χ1n) is 6.54. The van der Waals surface area contributed by atoms with Crippen molar-refractivity contribution >= 4 is 23.4 Å². The van der Waals surface area contributed by atoms with Gasteiger partial charge in [0.1, 0.15) is 11.6 Å². The number of nitrogen functional groups attached to an aromatic ring is 1. The maximum Gasteiger partial charge on any atom is 0.191 e. The van der Waals surface area contributed by atoms with Gasteiger partial charge in [-0.3, -0.25) is 0 Å². The number of hydrogen-bond donors (Lipinski definition) is 3. The minimum Gasteiger partial charge on any atom is -0.393 e. The summed E-state index contributed by atoms with van der Waals surface area (Å²) in [6, 6.07) is 1.87. The van der Waals surface area contributed by atoms with Crippen molar-refractivity contribution in [3.05, 3.63) is 6.07 Å². The zero-order valence-corrected chi connectivity index (χ0v) is 11.7. The number of hydrazine groups is 1. The Balaban J connectivity index is 1.83. The summed E-state index contributed by atoms with van der Waals surface area (Å²) in [4.78, 5) is 11.0. The summed E-state index contributed by atoms with van der Waals surface area (Å²) < 4.78 is 0. The third-order valence-corrected chi connectivity index (χ3v) is 4.71. The zero-order chi connectivity index (χ0) is 13.4. The number of aromatic nitrogens is 2. The van der Waals surface area contributed by atoms with Gasteiger partial charge < -0.3 is 15.4 Å². The molecule has 1 aromatic heterocycles. The molecule has 0 radical (unpaired) electrons. The quantitative estimate of drug-likeness (QED) is 0.325. The van der Waals surface area contributed by atoms with Crippen molar-refractivity contribution in [2.24, 2.45) is 17.7 Å². The van der Waals surface area contributed by atoms with Crippen LogP contribution < -0.4 is 16.2 Å². The molecular weight excluding hydrogens is 262 g/mol. The van der Waals surface area contributed by atoms with Gasteiger partial charge in [0.2, 0.25) is 0 Å². The molecule has 19 heavy (non-hydrogen) atoms. The van der Waals surface area contributed by atoms with Crippen molar-refractivity contribution in [1.82, 2.24) is 9.97 Å². The lowest BCUT2D eigenvalue weighted by Crippen LogP contribution is -2.25. The molecule has 2 fully saturated rings. The molecule has 1 aliphatic carbocycles. The molecule has 4 N–H and O–H groups in total. The summed E-state index contributed by atoms with van der Waals surface area (Å²) in [6.07, 6.45) is 3.86. The van der Waals surface area contributed by atoms with Crippen LogP contribution in [0.5, 0.6) is 0 Å². The van der Waals surface area contributed by atoms with Crippen molar-refractivity contribution in [2.75, 3.05) is 29.7 Å². The van der Waals surface area contributed by atoms with E-state index < -0.39 is 0 Å². The Morgan fingerprint density at radius 3 is 2.95 bits per heavy atom. The van der Waals surface area contributed by atoms with Crippen LogP contribution in [0.15, 0.2) is 11.2 Å². The van der Waals surface area contributed by atoms with Crippen LogP contribution in [0.3, 0.4) is 0 Å². The van der Waals surface area contributed by atoms with Crippen LogP contribution in [0, 0.1) is 11.8 Å². The third kappa shape index (κ3) is 2.37. The average Bonchev–Trinajstić information content (AvgIpc) is 3.01. The summed E-state index contributed by atoms with van der Waals surface area (Å²) in [5.41, 5.74) is 2.58. The number of nitrogens with zero attached hydrogens (tertiary/aromatic N) is 3. The smallest absolute Gasteiger partial charge is 0.191 e. The molecule has 1 saturated carbocycles. The van der Waals surface area contributed by atoms with Crippen LogP contribution in [0.2, 0.25) is 0 Å². The largest absolute Gasteiger partial charge is 0.393 e. The van der Waals surface area contributed by atoms with E-state index in [1.54, 1.807) is 0 Å². The van der Waals surface area contributed by atoms with Crippen molar-refractivity contribution in [3.63, 3.8) is 0 Å². The van der Waals surface area contributed by atoms with Crippen molar-refractivity contribution in [2.45, 2.75) is 24.1 Å². The minimum atomic E-state index is -0.149. The molecule has 3 atom stereocenters. The molecule has 0 spiro atoms. The summed E-state index contributed by atoms with van der Waals surface area (Å²) in [5, 5.41) is 10.7. The van der Waals surface area contributed by atoms with E-state index in [2.05, 4.69) is 20.3 Å². The van der Waals surface area contributed by atoms with Gasteiger partial charge in [0.05, 0.1) is 6.10 Å². The second-order valence-corrected chi connectivity index (χ2v) is 5.99. The number of hydrogen-bond acceptors (Lipinski definition) is 7. The highest BCUT2D eigenvalue weighted by molar-refractivity contribution is 7.98. The summed E-state index contributed by atoms with van der Waals surface area (Å²) >= 11 is 1.50. The predicted molar refractivity (Wildman–Crippen MR) is 76.1 cm³/mol. The predicted octanol–water partition coefficient (Wildman–Crippen LogP) is 0.691. The molecule has 1 aliphatic heterocycles. The Bertz CT molecular complexity index is 449. The fourth-order valence-corrected chi connectivity index (χ4v) is 3.54. The number of aliphatic hydroxyl groups excluding tert-OH is 1. The van der Waals surface area contributed by atoms with E-state index in [0.29, 0.717) is 22.8 Å². The van der Waals surface area contributed by atoms with Crippen molar-refractivity contribution in [1.29, 1.82) is 0 Å². The lowest BCUT2D eigenvalue weighted by atomic mass is 10.00. The fourth-order valence-electron chi connectivity index (χ4n) is 3.16. The molecule has 1 saturated heterocycles. The van der Waals surface area contributed by atoms with Gasteiger partial charge in [-0.1, -0.05) is 11.8 Å². The molecule has 1 aromatic rings. The Kier molecular flexibility index (Phi) is 3.51.